The predicted molar refractivity (Wildman–Crippen MR) is 139 cm³/mol. The summed E-state index contributed by atoms with van der Waals surface area (Å²) in [6.45, 7) is 5.49. The fourth-order valence-corrected chi connectivity index (χ4v) is 5.51. The van der Waals surface area contributed by atoms with Crippen LogP contribution in [-0.2, 0) is 19.6 Å². The molecule has 16 heteroatoms. The molecule has 3 aromatic rings. The maximum atomic E-state index is 13.0. The summed E-state index contributed by atoms with van der Waals surface area (Å²) in [5, 5.41) is 28.5. The van der Waals surface area contributed by atoms with Crippen molar-refractivity contribution in [1.29, 1.82) is 0 Å². The van der Waals surface area contributed by atoms with E-state index in [1.54, 1.807) is 32.9 Å². The Hall–Kier alpha value is -3.70. The molecule has 39 heavy (non-hydrogen) atoms. The molecule has 1 aliphatic heterocycles. The number of para-hydroxylation sites is 1. The van der Waals surface area contributed by atoms with Gasteiger partial charge in [-0.1, -0.05) is 12.1 Å². The molecule has 0 saturated carbocycles. The van der Waals surface area contributed by atoms with Crippen molar-refractivity contribution in [3.8, 4) is 0 Å². The third-order valence-corrected chi connectivity index (χ3v) is 8.32. The molecule has 1 aromatic carbocycles. The largest absolute Gasteiger partial charge is 0.387 e. The van der Waals surface area contributed by atoms with E-state index in [0.717, 1.165) is 6.33 Å². The first-order valence-electron chi connectivity index (χ1n) is 12.1. The Bertz CT molecular complexity index is 1480. The number of nitrogens with zero attached hydrogens (tertiary/aromatic N) is 5. The van der Waals surface area contributed by atoms with Gasteiger partial charge in [-0.25, -0.2) is 28.2 Å². The minimum Gasteiger partial charge on any atom is -0.387 e. The lowest BCUT2D eigenvalue weighted by atomic mass is 10.1. The van der Waals surface area contributed by atoms with Crippen LogP contribution in [0.4, 0.5) is 16.3 Å². The topological polar surface area (TPSA) is 201 Å². The van der Waals surface area contributed by atoms with Crippen molar-refractivity contribution in [2.75, 3.05) is 24.2 Å². The summed E-state index contributed by atoms with van der Waals surface area (Å²) in [6.07, 6.45) is -3.04. The first-order valence-corrected chi connectivity index (χ1v) is 13.5. The SMILES string of the molecule is CCNC(=O)[C@H]1O[C@@H](n2cnc3c(NC(=O)Nc4ccccc4S(=O)(=O)N(C)C(C)C)ncnc32)C(O)C1O. The summed E-state index contributed by atoms with van der Waals surface area (Å²) in [4.78, 5) is 37.4. The van der Waals surface area contributed by atoms with Gasteiger partial charge in [0.1, 0.15) is 23.4 Å². The van der Waals surface area contributed by atoms with Crippen molar-refractivity contribution < 1.29 is 33.0 Å². The second kappa shape index (κ2) is 11.2. The van der Waals surface area contributed by atoms with Crippen molar-refractivity contribution in [2.24, 2.45) is 0 Å². The fraction of sp³-hybridized carbons (Fsp3) is 0.435. The van der Waals surface area contributed by atoms with Crippen molar-refractivity contribution in [3.63, 3.8) is 0 Å². The number of hydrogen-bond acceptors (Lipinski definition) is 10. The number of amides is 3. The highest BCUT2D eigenvalue weighted by Crippen LogP contribution is 2.32. The van der Waals surface area contributed by atoms with E-state index in [0.29, 0.717) is 6.54 Å². The van der Waals surface area contributed by atoms with Crippen LogP contribution in [0.5, 0.6) is 0 Å². The van der Waals surface area contributed by atoms with Gasteiger partial charge < -0.3 is 25.6 Å². The van der Waals surface area contributed by atoms with Crippen LogP contribution in [0, 0.1) is 0 Å². The normalized spacial score (nSPS) is 21.4. The Labute approximate surface area is 224 Å². The number of aliphatic hydroxyl groups excluding tert-OH is 2. The van der Waals surface area contributed by atoms with E-state index in [1.165, 1.54) is 34.4 Å². The Morgan fingerprint density at radius 3 is 2.54 bits per heavy atom. The standard InChI is InChI=1S/C23H30N8O7S/c1-5-24-21(34)18-16(32)17(33)22(38-18)31-11-27-15-19(25-10-26-20(15)31)29-23(35)28-13-8-6-7-9-14(13)39(36,37)30(4)12(2)3/h6-12,16-18,22,32-33H,5H2,1-4H3,(H,24,34)(H2,25,26,28,29,35)/t16?,17?,18-,22+/m0/s1. The molecule has 4 rings (SSSR count). The van der Waals surface area contributed by atoms with Crippen LogP contribution in [0.3, 0.4) is 0 Å². The average Bonchev–Trinajstić information content (AvgIpc) is 3.45. The Morgan fingerprint density at radius 1 is 1.13 bits per heavy atom. The van der Waals surface area contributed by atoms with E-state index in [9.17, 15) is 28.2 Å². The van der Waals surface area contributed by atoms with E-state index in [4.69, 9.17) is 4.74 Å². The minimum atomic E-state index is -3.89. The molecule has 0 aliphatic carbocycles. The zero-order chi connectivity index (χ0) is 28.5. The van der Waals surface area contributed by atoms with Crippen LogP contribution in [0.15, 0.2) is 41.8 Å². The number of aromatic nitrogens is 4. The lowest BCUT2D eigenvalue weighted by molar-refractivity contribution is -0.137. The van der Waals surface area contributed by atoms with Gasteiger partial charge in [-0.05, 0) is 32.9 Å². The van der Waals surface area contributed by atoms with Crippen LogP contribution < -0.4 is 16.0 Å². The van der Waals surface area contributed by atoms with Crippen molar-refractivity contribution in [2.45, 2.75) is 56.2 Å². The fourth-order valence-electron chi connectivity index (χ4n) is 4.00. The highest BCUT2D eigenvalue weighted by molar-refractivity contribution is 7.89. The summed E-state index contributed by atoms with van der Waals surface area (Å²) in [6, 6.07) is 4.90. The van der Waals surface area contributed by atoms with E-state index in [-0.39, 0.29) is 33.6 Å². The van der Waals surface area contributed by atoms with Crippen molar-refractivity contribution in [3.05, 3.63) is 36.9 Å². The molecular formula is C23H30N8O7S. The summed E-state index contributed by atoms with van der Waals surface area (Å²) >= 11 is 0. The third kappa shape index (κ3) is 5.41. The zero-order valence-corrected chi connectivity index (χ0v) is 22.5. The molecule has 210 valence electrons. The molecule has 2 aromatic heterocycles. The van der Waals surface area contributed by atoms with E-state index < -0.39 is 46.5 Å². The summed E-state index contributed by atoms with van der Waals surface area (Å²) in [7, 11) is -2.44. The number of carbonyl (C=O) groups excluding carboxylic acids is 2. The highest BCUT2D eigenvalue weighted by Gasteiger charge is 2.47. The van der Waals surface area contributed by atoms with E-state index in [2.05, 4.69) is 30.9 Å². The summed E-state index contributed by atoms with van der Waals surface area (Å²) in [5.41, 5.74) is 0.334. The number of benzene rings is 1. The molecule has 1 saturated heterocycles. The lowest BCUT2D eigenvalue weighted by Crippen LogP contribution is -2.42. The quantitative estimate of drug-likeness (QED) is 0.253. The molecule has 3 amide bonds. The molecule has 1 aliphatic rings. The molecule has 3 heterocycles. The van der Waals surface area contributed by atoms with Gasteiger partial charge in [-0.2, -0.15) is 4.31 Å². The predicted octanol–water partition coefficient (Wildman–Crippen LogP) is 0.255. The van der Waals surface area contributed by atoms with E-state index in [1.807, 2.05) is 0 Å². The number of fused-ring (bicyclic) bond motifs is 1. The van der Waals surface area contributed by atoms with Crippen LogP contribution in [0.1, 0.15) is 27.0 Å². The monoisotopic (exact) mass is 562 g/mol. The number of imidazole rings is 1. The van der Waals surface area contributed by atoms with Gasteiger partial charge in [0.15, 0.2) is 29.3 Å². The second-order valence-electron chi connectivity index (χ2n) is 9.06. The third-order valence-electron chi connectivity index (χ3n) is 6.23. The van der Waals surface area contributed by atoms with E-state index >= 15 is 0 Å². The zero-order valence-electron chi connectivity index (χ0n) is 21.6. The van der Waals surface area contributed by atoms with Crippen LogP contribution >= 0.6 is 0 Å². The highest BCUT2D eigenvalue weighted by atomic mass is 32.2. The number of anilines is 2. The maximum absolute atomic E-state index is 13.0. The smallest absolute Gasteiger partial charge is 0.324 e. The van der Waals surface area contributed by atoms with Crippen LogP contribution in [0.25, 0.3) is 11.2 Å². The second-order valence-corrected chi connectivity index (χ2v) is 11.0. The molecular weight excluding hydrogens is 532 g/mol. The van der Waals surface area contributed by atoms with Gasteiger partial charge in [0, 0.05) is 19.6 Å². The maximum Gasteiger partial charge on any atom is 0.324 e. The number of ether oxygens (including phenoxy) is 1. The summed E-state index contributed by atoms with van der Waals surface area (Å²) < 4.78 is 34.2. The summed E-state index contributed by atoms with van der Waals surface area (Å²) in [5.74, 6) is -0.587. The van der Waals surface area contributed by atoms with Crippen LogP contribution in [0.2, 0.25) is 0 Å². The average molecular weight is 563 g/mol. The van der Waals surface area contributed by atoms with Gasteiger partial charge in [0.25, 0.3) is 5.91 Å². The van der Waals surface area contributed by atoms with Gasteiger partial charge in [-0.3, -0.25) is 14.7 Å². The van der Waals surface area contributed by atoms with Gasteiger partial charge >= 0.3 is 6.03 Å². The Kier molecular flexibility index (Phi) is 8.12. The Balaban J connectivity index is 1.57. The molecule has 0 spiro atoms. The molecule has 1 fully saturated rings. The molecule has 0 bridgehead atoms. The first kappa shape index (κ1) is 28.3. The molecule has 2 unspecified atom stereocenters. The number of nitrogens with one attached hydrogen (secondary N) is 3. The minimum absolute atomic E-state index is 0.0100. The number of aliphatic hydroxyl groups is 2. The number of rotatable bonds is 8. The number of likely N-dealkylation sites (N-methyl/N-ethyl adjacent to an activating group) is 1. The molecule has 0 radical (unpaired) electrons. The first-order chi connectivity index (χ1) is 18.5. The van der Waals surface area contributed by atoms with Gasteiger partial charge in [0.05, 0.1) is 12.0 Å². The number of carbonyl (C=O) groups is 2. The van der Waals surface area contributed by atoms with Crippen LogP contribution in [-0.4, -0.2) is 92.3 Å². The lowest BCUT2D eigenvalue weighted by Gasteiger charge is -2.22. The van der Waals surface area contributed by atoms with Gasteiger partial charge in [-0.15, -0.1) is 0 Å². The number of sulfonamides is 1. The molecule has 5 N–H and O–H groups in total. The van der Waals surface area contributed by atoms with Gasteiger partial charge in [0.2, 0.25) is 10.0 Å². The molecule has 15 nitrogen and oxygen atoms in total. The Morgan fingerprint density at radius 2 is 1.85 bits per heavy atom. The van der Waals surface area contributed by atoms with Crippen molar-refractivity contribution in [1.82, 2.24) is 29.1 Å². The number of hydrogen-bond donors (Lipinski definition) is 5. The van der Waals surface area contributed by atoms with Crippen molar-refractivity contribution >= 4 is 44.6 Å². The molecule has 4 atom stereocenters. The number of urea groups is 1.